The molecule has 0 aliphatic carbocycles. The summed E-state index contributed by atoms with van der Waals surface area (Å²) < 4.78 is 0. The van der Waals surface area contributed by atoms with Crippen LogP contribution < -0.4 is 0 Å². The second-order valence-electron chi connectivity index (χ2n) is 4.35. The van der Waals surface area contributed by atoms with Gasteiger partial charge in [-0.05, 0) is 13.3 Å². The van der Waals surface area contributed by atoms with Crippen molar-refractivity contribution in [3.63, 3.8) is 0 Å². The molecule has 1 N–H and O–H groups in total. The molecule has 2 rings (SSSR count). The lowest BCUT2D eigenvalue weighted by atomic mass is 10.1. The first-order chi connectivity index (χ1) is 8.09. The quantitative estimate of drug-likeness (QED) is 0.717. The number of rotatable bonds is 1. The van der Waals surface area contributed by atoms with Crippen LogP contribution in [0.25, 0.3) is 0 Å². The summed E-state index contributed by atoms with van der Waals surface area (Å²) in [7, 11) is 0. The van der Waals surface area contributed by atoms with Crippen LogP contribution in [0.2, 0.25) is 0 Å². The lowest BCUT2D eigenvalue weighted by Gasteiger charge is -2.31. The van der Waals surface area contributed by atoms with Crippen LogP contribution in [0.15, 0.2) is 11.6 Å². The number of amides is 2. The first-order valence-corrected chi connectivity index (χ1v) is 6.77. The molecular weight excluding hydrogens is 240 g/mol. The van der Waals surface area contributed by atoms with Gasteiger partial charge in [-0.1, -0.05) is 11.6 Å². The molecule has 0 aromatic rings. The Hall–Kier alpha value is -1.17. The third kappa shape index (κ3) is 2.57. The second kappa shape index (κ2) is 5.00. The van der Waals surface area contributed by atoms with E-state index < -0.39 is 12.0 Å². The van der Waals surface area contributed by atoms with E-state index in [0.29, 0.717) is 24.7 Å². The van der Waals surface area contributed by atoms with Crippen LogP contribution in [0.1, 0.15) is 13.3 Å². The number of aliphatic carboxylic acids is 1. The third-order valence-corrected chi connectivity index (χ3v) is 4.13. The number of urea groups is 1. The highest BCUT2D eigenvalue weighted by Crippen LogP contribution is 2.23. The molecule has 0 spiro atoms. The Morgan fingerprint density at radius 2 is 2.29 bits per heavy atom. The van der Waals surface area contributed by atoms with Crippen molar-refractivity contribution < 1.29 is 14.7 Å². The predicted octanol–water partition coefficient (Wildman–Crippen LogP) is 1.22. The second-order valence-corrected chi connectivity index (χ2v) is 5.35. The SMILES string of the molecule is CC1=CCN(C(=O)N2CSC[C@H]2C(=O)O)CC1. The molecule has 1 saturated heterocycles. The van der Waals surface area contributed by atoms with Gasteiger partial charge in [0.25, 0.3) is 0 Å². The maximum absolute atomic E-state index is 12.2. The molecule has 0 saturated carbocycles. The van der Waals surface area contributed by atoms with Crippen molar-refractivity contribution in [2.45, 2.75) is 19.4 Å². The molecule has 17 heavy (non-hydrogen) atoms. The Labute approximate surface area is 104 Å². The van der Waals surface area contributed by atoms with Gasteiger partial charge in [0.15, 0.2) is 0 Å². The van der Waals surface area contributed by atoms with E-state index in [0.717, 1.165) is 6.42 Å². The first-order valence-electron chi connectivity index (χ1n) is 5.61. The van der Waals surface area contributed by atoms with Gasteiger partial charge in [0, 0.05) is 18.8 Å². The molecule has 2 aliphatic heterocycles. The molecule has 2 aliphatic rings. The molecule has 0 aromatic carbocycles. The Morgan fingerprint density at radius 3 is 2.88 bits per heavy atom. The van der Waals surface area contributed by atoms with Crippen LogP contribution in [0.5, 0.6) is 0 Å². The third-order valence-electron chi connectivity index (χ3n) is 3.12. The van der Waals surface area contributed by atoms with E-state index in [-0.39, 0.29) is 6.03 Å². The fourth-order valence-corrected chi connectivity index (χ4v) is 3.10. The number of hydrogen-bond donors (Lipinski definition) is 1. The van der Waals surface area contributed by atoms with Gasteiger partial charge in [-0.25, -0.2) is 9.59 Å². The van der Waals surface area contributed by atoms with Gasteiger partial charge in [0.05, 0.1) is 5.88 Å². The fraction of sp³-hybridized carbons (Fsp3) is 0.636. The molecule has 5 nitrogen and oxygen atoms in total. The highest BCUT2D eigenvalue weighted by Gasteiger charge is 2.36. The topological polar surface area (TPSA) is 60.9 Å². The van der Waals surface area contributed by atoms with Crippen LogP contribution in [-0.4, -0.2) is 57.7 Å². The zero-order valence-electron chi connectivity index (χ0n) is 9.76. The minimum Gasteiger partial charge on any atom is -0.480 e. The van der Waals surface area contributed by atoms with Crippen LogP contribution in [0, 0.1) is 0 Å². The number of carbonyl (C=O) groups is 2. The average molecular weight is 256 g/mol. The van der Waals surface area contributed by atoms with E-state index in [9.17, 15) is 9.59 Å². The van der Waals surface area contributed by atoms with Crippen molar-refractivity contribution in [2.75, 3.05) is 24.7 Å². The maximum atomic E-state index is 12.2. The Morgan fingerprint density at radius 1 is 1.53 bits per heavy atom. The van der Waals surface area contributed by atoms with Gasteiger partial charge < -0.3 is 14.9 Å². The summed E-state index contributed by atoms with van der Waals surface area (Å²) in [5.74, 6) is 0.0609. The number of nitrogens with zero attached hydrogens (tertiary/aromatic N) is 2. The van der Waals surface area contributed by atoms with Crippen molar-refractivity contribution in [3.05, 3.63) is 11.6 Å². The number of thioether (sulfide) groups is 1. The molecular formula is C11H16N2O3S. The van der Waals surface area contributed by atoms with Gasteiger partial charge in [-0.3, -0.25) is 0 Å². The Bertz CT molecular complexity index is 370. The number of carbonyl (C=O) groups excluding carboxylic acids is 1. The van der Waals surface area contributed by atoms with E-state index in [1.165, 1.54) is 22.2 Å². The highest BCUT2D eigenvalue weighted by molar-refractivity contribution is 7.99. The summed E-state index contributed by atoms with van der Waals surface area (Å²) in [6.07, 6.45) is 2.91. The van der Waals surface area contributed by atoms with Crippen LogP contribution in [0.3, 0.4) is 0 Å². The van der Waals surface area contributed by atoms with Gasteiger partial charge in [0.1, 0.15) is 6.04 Å². The van der Waals surface area contributed by atoms with Gasteiger partial charge in [0.2, 0.25) is 0 Å². The van der Waals surface area contributed by atoms with Crippen LogP contribution >= 0.6 is 11.8 Å². The van der Waals surface area contributed by atoms with E-state index in [2.05, 4.69) is 0 Å². The summed E-state index contributed by atoms with van der Waals surface area (Å²) in [5, 5.41) is 9.04. The summed E-state index contributed by atoms with van der Waals surface area (Å²) in [6, 6.07) is -0.814. The zero-order chi connectivity index (χ0) is 12.4. The summed E-state index contributed by atoms with van der Waals surface area (Å²) in [5.41, 5.74) is 1.29. The monoisotopic (exact) mass is 256 g/mol. The standard InChI is InChI=1S/C11H16N2O3S/c1-8-2-4-12(5-3-8)11(16)13-7-17-6-9(13)10(14)15/h2,9H,3-7H2,1H3,(H,14,15)/t9-/m0/s1. The fourth-order valence-electron chi connectivity index (χ4n) is 1.96. The predicted molar refractivity (Wildman–Crippen MR) is 65.9 cm³/mol. The van der Waals surface area contributed by atoms with Crippen molar-refractivity contribution >= 4 is 23.8 Å². The number of carboxylic acids is 1. The Balaban J connectivity index is 2.02. The van der Waals surface area contributed by atoms with E-state index >= 15 is 0 Å². The lowest BCUT2D eigenvalue weighted by Crippen LogP contribution is -2.49. The lowest BCUT2D eigenvalue weighted by molar-refractivity contribution is -0.140. The van der Waals surface area contributed by atoms with Crippen molar-refractivity contribution in [2.24, 2.45) is 0 Å². The Kier molecular flexibility index (Phi) is 3.61. The average Bonchev–Trinajstić information content (AvgIpc) is 2.78. The molecule has 0 aromatic heterocycles. The summed E-state index contributed by atoms with van der Waals surface area (Å²) in [6.45, 7) is 3.33. The largest absolute Gasteiger partial charge is 0.480 e. The van der Waals surface area contributed by atoms with Crippen LogP contribution in [-0.2, 0) is 4.79 Å². The zero-order valence-corrected chi connectivity index (χ0v) is 10.6. The minimum atomic E-state index is -0.910. The molecule has 1 atom stereocenters. The number of carboxylic acid groups (broad SMARTS) is 1. The van der Waals surface area contributed by atoms with E-state index in [4.69, 9.17) is 5.11 Å². The molecule has 0 radical (unpaired) electrons. The molecule has 94 valence electrons. The first kappa shape index (κ1) is 12.3. The van der Waals surface area contributed by atoms with E-state index in [1.807, 2.05) is 13.0 Å². The van der Waals surface area contributed by atoms with Gasteiger partial charge in [-0.2, -0.15) is 0 Å². The van der Waals surface area contributed by atoms with Gasteiger partial charge >= 0.3 is 12.0 Å². The van der Waals surface area contributed by atoms with Crippen LogP contribution in [0.4, 0.5) is 4.79 Å². The molecule has 1 fully saturated rings. The summed E-state index contributed by atoms with van der Waals surface area (Å²) in [4.78, 5) is 26.4. The molecule has 0 unspecified atom stereocenters. The minimum absolute atomic E-state index is 0.147. The highest BCUT2D eigenvalue weighted by atomic mass is 32.2. The maximum Gasteiger partial charge on any atom is 0.327 e. The van der Waals surface area contributed by atoms with Crippen molar-refractivity contribution in [1.82, 2.24) is 9.80 Å². The molecule has 0 bridgehead atoms. The molecule has 2 heterocycles. The van der Waals surface area contributed by atoms with E-state index in [1.54, 1.807) is 4.90 Å². The van der Waals surface area contributed by atoms with Crippen molar-refractivity contribution in [1.29, 1.82) is 0 Å². The van der Waals surface area contributed by atoms with Gasteiger partial charge in [-0.15, -0.1) is 11.8 Å². The number of hydrogen-bond acceptors (Lipinski definition) is 3. The normalized spacial score (nSPS) is 24.8. The molecule has 6 heteroatoms. The smallest absolute Gasteiger partial charge is 0.327 e. The summed E-state index contributed by atoms with van der Waals surface area (Å²) >= 11 is 1.49. The molecule has 2 amide bonds. The van der Waals surface area contributed by atoms with Crippen molar-refractivity contribution in [3.8, 4) is 0 Å².